The number of nitriles is 1. The molecule has 1 saturated heterocycles. The van der Waals surface area contributed by atoms with Crippen molar-refractivity contribution in [1.82, 2.24) is 4.90 Å². The zero-order valence-electron chi connectivity index (χ0n) is 12.3. The van der Waals surface area contributed by atoms with Gasteiger partial charge in [0.1, 0.15) is 0 Å². The van der Waals surface area contributed by atoms with Crippen molar-refractivity contribution in [3.05, 3.63) is 0 Å². The quantitative estimate of drug-likeness (QED) is 0.705. The summed E-state index contributed by atoms with van der Waals surface area (Å²) >= 11 is 0. The van der Waals surface area contributed by atoms with E-state index in [4.69, 9.17) is 0 Å². The molecule has 0 N–H and O–H groups in total. The number of hydrogen-bond acceptors (Lipinski definition) is 2. The molecule has 1 aliphatic carbocycles. The lowest BCUT2D eigenvalue weighted by Crippen LogP contribution is -2.44. The van der Waals surface area contributed by atoms with Crippen LogP contribution < -0.4 is 0 Å². The van der Waals surface area contributed by atoms with Gasteiger partial charge in [-0.25, -0.2) is 0 Å². The monoisotopic (exact) mass is 248 g/mol. The van der Waals surface area contributed by atoms with Crippen LogP contribution in [0.15, 0.2) is 0 Å². The molecule has 0 aromatic heterocycles. The summed E-state index contributed by atoms with van der Waals surface area (Å²) in [5, 5.41) is 9.37. The van der Waals surface area contributed by atoms with E-state index in [1.807, 2.05) is 0 Å². The van der Waals surface area contributed by atoms with Gasteiger partial charge in [-0.15, -0.1) is 0 Å². The molecule has 2 aliphatic rings. The fraction of sp³-hybridized carbons (Fsp3) is 0.938. The molecular weight excluding hydrogens is 220 g/mol. The van der Waals surface area contributed by atoms with Crippen LogP contribution in [0.3, 0.4) is 0 Å². The molecule has 3 unspecified atom stereocenters. The minimum atomic E-state index is 0.280. The number of likely N-dealkylation sites (tertiary alicyclic amines) is 1. The van der Waals surface area contributed by atoms with Crippen molar-refractivity contribution >= 4 is 0 Å². The Balaban J connectivity index is 2.02. The molecule has 2 fully saturated rings. The van der Waals surface area contributed by atoms with E-state index in [2.05, 4.69) is 31.7 Å². The third kappa shape index (κ3) is 3.26. The highest BCUT2D eigenvalue weighted by atomic mass is 15.2. The summed E-state index contributed by atoms with van der Waals surface area (Å²) in [6.07, 6.45) is 7.52. The van der Waals surface area contributed by atoms with Gasteiger partial charge in [-0.3, -0.25) is 4.90 Å². The average molecular weight is 248 g/mol. The third-order valence-electron chi connectivity index (χ3n) is 5.09. The maximum Gasteiger partial charge on any atom is 0.0672 e. The first-order valence-corrected chi connectivity index (χ1v) is 7.65. The normalized spacial score (nSPS) is 37.8. The first kappa shape index (κ1) is 13.9. The van der Waals surface area contributed by atoms with Gasteiger partial charge in [0.15, 0.2) is 0 Å². The Morgan fingerprint density at radius 3 is 2.67 bits per heavy atom. The number of rotatable bonds is 1. The van der Waals surface area contributed by atoms with E-state index in [1.165, 1.54) is 45.2 Å². The molecule has 2 nitrogen and oxygen atoms in total. The Hall–Kier alpha value is -0.550. The predicted molar refractivity (Wildman–Crippen MR) is 75.1 cm³/mol. The van der Waals surface area contributed by atoms with Gasteiger partial charge in [-0.05, 0) is 62.9 Å². The maximum absolute atomic E-state index is 9.37. The van der Waals surface area contributed by atoms with Gasteiger partial charge in [0.2, 0.25) is 0 Å². The number of hydrogen-bond donors (Lipinski definition) is 0. The maximum atomic E-state index is 9.37. The molecule has 0 aromatic carbocycles. The van der Waals surface area contributed by atoms with Gasteiger partial charge in [0.05, 0.1) is 12.0 Å². The Bertz CT molecular complexity index is 316. The van der Waals surface area contributed by atoms with Crippen LogP contribution in [-0.2, 0) is 0 Å². The zero-order valence-corrected chi connectivity index (χ0v) is 12.3. The van der Waals surface area contributed by atoms with Crippen LogP contribution in [0, 0.1) is 28.6 Å². The van der Waals surface area contributed by atoms with Gasteiger partial charge < -0.3 is 0 Å². The molecule has 18 heavy (non-hydrogen) atoms. The number of nitrogens with zero attached hydrogens (tertiary/aromatic N) is 2. The summed E-state index contributed by atoms with van der Waals surface area (Å²) in [7, 11) is 0. The van der Waals surface area contributed by atoms with Gasteiger partial charge in [0, 0.05) is 6.04 Å². The van der Waals surface area contributed by atoms with Gasteiger partial charge in [-0.2, -0.15) is 5.26 Å². The van der Waals surface area contributed by atoms with E-state index in [1.54, 1.807) is 0 Å². The highest BCUT2D eigenvalue weighted by molar-refractivity contribution is 4.97. The van der Waals surface area contributed by atoms with E-state index in [0.717, 1.165) is 12.3 Å². The summed E-state index contributed by atoms with van der Waals surface area (Å²) in [6, 6.07) is 3.11. The van der Waals surface area contributed by atoms with Gasteiger partial charge in [0.25, 0.3) is 0 Å². The molecule has 102 valence electrons. The lowest BCUT2D eigenvalue weighted by molar-refractivity contribution is 0.106. The fourth-order valence-corrected chi connectivity index (χ4v) is 3.68. The summed E-state index contributed by atoms with van der Waals surface area (Å²) in [6.45, 7) is 9.54. The van der Waals surface area contributed by atoms with Crippen molar-refractivity contribution in [2.75, 3.05) is 13.1 Å². The summed E-state index contributed by atoms with van der Waals surface area (Å²) in [5.74, 6) is 1.08. The lowest BCUT2D eigenvalue weighted by atomic mass is 9.79. The van der Waals surface area contributed by atoms with E-state index in [-0.39, 0.29) is 5.92 Å². The Morgan fingerprint density at radius 2 is 1.94 bits per heavy atom. The molecule has 2 heteroatoms. The molecule has 0 spiro atoms. The van der Waals surface area contributed by atoms with Crippen LogP contribution >= 0.6 is 0 Å². The Labute approximate surface area is 112 Å². The van der Waals surface area contributed by atoms with Crippen LogP contribution in [0.5, 0.6) is 0 Å². The first-order valence-electron chi connectivity index (χ1n) is 7.65. The average Bonchev–Trinajstić information content (AvgIpc) is 2.50. The Morgan fingerprint density at radius 1 is 1.17 bits per heavy atom. The third-order valence-corrected chi connectivity index (χ3v) is 5.09. The van der Waals surface area contributed by atoms with Crippen LogP contribution in [0.25, 0.3) is 0 Å². The second kappa shape index (κ2) is 5.61. The van der Waals surface area contributed by atoms with E-state index in [0.29, 0.717) is 11.5 Å². The highest BCUT2D eigenvalue weighted by Gasteiger charge is 2.34. The van der Waals surface area contributed by atoms with Crippen molar-refractivity contribution < 1.29 is 0 Å². The smallest absolute Gasteiger partial charge is 0.0672 e. The van der Waals surface area contributed by atoms with Crippen molar-refractivity contribution in [1.29, 1.82) is 5.26 Å². The second-order valence-electron chi connectivity index (χ2n) is 7.27. The SMILES string of the molecule is CC1CCC(C#N)C(N2CCCC(C)(C)CC2)C1. The molecular formula is C16H28N2. The molecule has 2 rings (SSSR count). The van der Waals surface area contributed by atoms with Gasteiger partial charge in [-0.1, -0.05) is 20.8 Å². The minimum Gasteiger partial charge on any atom is -0.299 e. The predicted octanol–water partition coefficient (Wildman–Crippen LogP) is 3.83. The van der Waals surface area contributed by atoms with Crippen molar-refractivity contribution in [3.63, 3.8) is 0 Å². The van der Waals surface area contributed by atoms with Crippen molar-refractivity contribution in [2.45, 2.75) is 65.3 Å². The molecule has 3 atom stereocenters. The molecule has 1 saturated carbocycles. The Kier molecular flexibility index (Phi) is 4.33. The molecule has 1 aliphatic heterocycles. The molecule has 0 amide bonds. The lowest BCUT2D eigenvalue weighted by Gasteiger charge is -2.39. The largest absolute Gasteiger partial charge is 0.299 e. The van der Waals surface area contributed by atoms with Crippen molar-refractivity contribution in [3.8, 4) is 6.07 Å². The van der Waals surface area contributed by atoms with Crippen LogP contribution in [-0.4, -0.2) is 24.0 Å². The molecule has 0 aromatic rings. The summed E-state index contributed by atoms with van der Waals surface area (Å²) in [5.41, 5.74) is 0.497. The van der Waals surface area contributed by atoms with Crippen LogP contribution in [0.1, 0.15) is 59.3 Å². The summed E-state index contributed by atoms with van der Waals surface area (Å²) < 4.78 is 0. The van der Waals surface area contributed by atoms with Gasteiger partial charge >= 0.3 is 0 Å². The van der Waals surface area contributed by atoms with E-state index in [9.17, 15) is 5.26 Å². The van der Waals surface area contributed by atoms with E-state index < -0.39 is 0 Å². The fourth-order valence-electron chi connectivity index (χ4n) is 3.68. The van der Waals surface area contributed by atoms with Crippen LogP contribution in [0.2, 0.25) is 0 Å². The second-order valence-corrected chi connectivity index (χ2v) is 7.27. The minimum absolute atomic E-state index is 0.280. The zero-order chi connectivity index (χ0) is 13.2. The topological polar surface area (TPSA) is 27.0 Å². The first-order chi connectivity index (χ1) is 8.52. The standard InChI is InChI=1S/C16H28N2/c1-13-5-6-14(12-17)15(11-13)18-9-4-7-16(2,3)8-10-18/h13-15H,4-11H2,1-3H3. The highest BCUT2D eigenvalue weighted by Crippen LogP contribution is 2.36. The van der Waals surface area contributed by atoms with Crippen molar-refractivity contribution in [2.24, 2.45) is 17.3 Å². The van der Waals surface area contributed by atoms with E-state index >= 15 is 0 Å². The molecule has 1 heterocycles. The molecule has 0 bridgehead atoms. The molecule has 0 radical (unpaired) electrons. The van der Waals surface area contributed by atoms with Crippen LogP contribution in [0.4, 0.5) is 0 Å². The summed E-state index contributed by atoms with van der Waals surface area (Å²) in [4.78, 5) is 2.64.